The van der Waals surface area contributed by atoms with Gasteiger partial charge in [0.25, 0.3) is 0 Å². The van der Waals surface area contributed by atoms with Crippen molar-refractivity contribution < 1.29 is 13.2 Å². The van der Waals surface area contributed by atoms with E-state index in [1.807, 2.05) is 31.2 Å². The van der Waals surface area contributed by atoms with Crippen molar-refractivity contribution >= 4 is 15.7 Å². The Labute approximate surface area is 125 Å². The highest BCUT2D eigenvalue weighted by atomic mass is 32.2. The molecule has 0 saturated carbocycles. The van der Waals surface area contributed by atoms with Crippen molar-refractivity contribution in [1.82, 2.24) is 0 Å². The first kappa shape index (κ1) is 15.4. The Balaban J connectivity index is 2.07. The smallest absolute Gasteiger partial charge is 0.235 e. The van der Waals surface area contributed by atoms with Crippen molar-refractivity contribution in [2.75, 3.05) is 4.72 Å². The highest BCUT2D eigenvalue weighted by Crippen LogP contribution is 2.23. The summed E-state index contributed by atoms with van der Waals surface area (Å²) in [6.07, 6.45) is 0. The number of hydrogen-bond acceptors (Lipinski definition) is 3. The molecule has 0 fully saturated rings. The minimum absolute atomic E-state index is 0.471. The van der Waals surface area contributed by atoms with Crippen LogP contribution in [0.5, 0.6) is 11.5 Å². The van der Waals surface area contributed by atoms with Crippen molar-refractivity contribution in [2.45, 2.75) is 26.0 Å². The Kier molecular flexibility index (Phi) is 4.53. The summed E-state index contributed by atoms with van der Waals surface area (Å²) in [5.41, 5.74) is 1.70. The number of rotatable bonds is 5. The van der Waals surface area contributed by atoms with Gasteiger partial charge in [-0.2, -0.15) is 0 Å². The van der Waals surface area contributed by atoms with Crippen LogP contribution in [0.25, 0.3) is 0 Å². The fourth-order valence-corrected chi connectivity index (χ4v) is 2.32. The van der Waals surface area contributed by atoms with Gasteiger partial charge in [0.05, 0.1) is 5.25 Å². The van der Waals surface area contributed by atoms with Crippen LogP contribution in [0.15, 0.2) is 48.5 Å². The third-order valence-corrected chi connectivity index (χ3v) is 4.75. The van der Waals surface area contributed by atoms with Crippen molar-refractivity contribution in [3.8, 4) is 11.5 Å². The normalized spacial score (nSPS) is 11.4. The molecule has 21 heavy (non-hydrogen) atoms. The third kappa shape index (κ3) is 4.23. The number of nitrogens with one attached hydrogen (secondary N) is 1. The molecule has 2 rings (SSSR count). The molecule has 0 heterocycles. The highest BCUT2D eigenvalue weighted by molar-refractivity contribution is 7.93. The molecule has 0 unspecified atom stereocenters. The maximum atomic E-state index is 11.8. The Morgan fingerprint density at radius 2 is 1.38 bits per heavy atom. The van der Waals surface area contributed by atoms with E-state index in [4.69, 9.17) is 4.74 Å². The zero-order valence-electron chi connectivity index (χ0n) is 12.3. The predicted molar refractivity (Wildman–Crippen MR) is 85.4 cm³/mol. The molecular formula is C16H19NO3S. The summed E-state index contributed by atoms with van der Waals surface area (Å²) in [6.45, 7) is 5.29. The van der Waals surface area contributed by atoms with Gasteiger partial charge in [-0.05, 0) is 57.2 Å². The van der Waals surface area contributed by atoms with Gasteiger partial charge in [-0.25, -0.2) is 8.42 Å². The van der Waals surface area contributed by atoms with Gasteiger partial charge in [0.15, 0.2) is 0 Å². The van der Waals surface area contributed by atoms with E-state index in [1.54, 1.807) is 38.1 Å². The fraction of sp³-hybridized carbons (Fsp3) is 0.250. The van der Waals surface area contributed by atoms with Gasteiger partial charge in [-0.1, -0.05) is 17.7 Å². The van der Waals surface area contributed by atoms with Crippen molar-refractivity contribution in [3.05, 3.63) is 54.1 Å². The first-order chi connectivity index (χ1) is 9.87. The molecule has 0 saturated heterocycles. The largest absolute Gasteiger partial charge is 0.457 e. The molecule has 0 bridgehead atoms. The van der Waals surface area contributed by atoms with Crippen LogP contribution in [-0.2, 0) is 10.0 Å². The highest BCUT2D eigenvalue weighted by Gasteiger charge is 2.15. The Morgan fingerprint density at radius 3 is 1.86 bits per heavy atom. The second-order valence-electron chi connectivity index (χ2n) is 5.14. The quantitative estimate of drug-likeness (QED) is 0.910. The molecule has 2 aromatic rings. The minimum Gasteiger partial charge on any atom is -0.457 e. The van der Waals surface area contributed by atoms with E-state index in [9.17, 15) is 8.42 Å². The zero-order chi connectivity index (χ0) is 15.5. The first-order valence-electron chi connectivity index (χ1n) is 6.73. The molecular weight excluding hydrogens is 286 g/mol. The Bertz CT molecular complexity index is 689. The molecule has 0 aliphatic heterocycles. The average molecular weight is 305 g/mol. The van der Waals surface area contributed by atoms with Gasteiger partial charge in [-0.15, -0.1) is 0 Å². The second kappa shape index (κ2) is 6.18. The molecule has 4 nitrogen and oxygen atoms in total. The summed E-state index contributed by atoms with van der Waals surface area (Å²) in [6, 6.07) is 14.6. The Hall–Kier alpha value is -2.01. The van der Waals surface area contributed by atoms with Crippen LogP contribution < -0.4 is 9.46 Å². The molecule has 0 spiro atoms. The van der Waals surface area contributed by atoms with Crippen LogP contribution >= 0.6 is 0 Å². The van der Waals surface area contributed by atoms with Crippen molar-refractivity contribution in [1.29, 1.82) is 0 Å². The van der Waals surface area contributed by atoms with Crippen LogP contribution in [0.1, 0.15) is 19.4 Å². The van der Waals surface area contributed by atoms with E-state index in [0.29, 0.717) is 11.4 Å². The fourth-order valence-electron chi connectivity index (χ4n) is 1.62. The summed E-state index contributed by atoms with van der Waals surface area (Å²) in [7, 11) is -3.32. The Morgan fingerprint density at radius 1 is 0.905 bits per heavy atom. The second-order valence-corrected chi connectivity index (χ2v) is 7.37. The number of ether oxygens (including phenoxy) is 1. The SMILES string of the molecule is Cc1ccc(Oc2ccc(NS(=O)(=O)C(C)C)cc2)cc1. The summed E-state index contributed by atoms with van der Waals surface area (Å²) >= 11 is 0. The summed E-state index contributed by atoms with van der Waals surface area (Å²) in [5, 5.41) is -0.471. The lowest BCUT2D eigenvalue weighted by atomic mass is 10.2. The van der Waals surface area contributed by atoms with Gasteiger partial charge in [-0.3, -0.25) is 4.72 Å². The van der Waals surface area contributed by atoms with Crippen molar-refractivity contribution in [3.63, 3.8) is 0 Å². The molecule has 0 radical (unpaired) electrons. The summed E-state index contributed by atoms with van der Waals surface area (Å²) in [5.74, 6) is 1.41. The van der Waals surface area contributed by atoms with E-state index < -0.39 is 15.3 Å². The third-order valence-electron chi connectivity index (χ3n) is 2.99. The van der Waals surface area contributed by atoms with Crippen LogP contribution in [0.4, 0.5) is 5.69 Å². The standard InChI is InChI=1S/C16H19NO3S/c1-12(2)21(18,19)17-14-6-10-16(11-7-14)20-15-8-4-13(3)5-9-15/h4-12,17H,1-3H3. The van der Waals surface area contributed by atoms with Crippen LogP contribution in [0.2, 0.25) is 0 Å². The molecule has 0 aromatic heterocycles. The molecule has 2 aromatic carbocycles. The van der Waals surface area contributed by atoms with Gasteiger partial charge in [0.2, 0.25) is 10.0 Å². The number of anilines is 1. The molecule has 1 N–H and O–H groups in total. The molecule has 0 amide bonds. The topological polar surface area (TPSA) is 55.4 Å². The number of sulfonamides is 1. The summed E-state index contributed by atoms with van der Waals surface area (Å²) < 4.78 is 31.8. The number of aryl methyl sites for hydroxylation is 1. The molecule has 0 aliphatic rings. The lowest BCUT2D eigenvalue weighted by Gasteiger charge is -2.11. The van der Waals surface area contributed by atoms with E-state index in [2.05, 4.69) is 4.72 Å². The van der Waals surface area contributed by atoms with E-state index in [-0.39, 0.29) is 0 Å². The lowest BCUT2D eigenvalue weighted by Crippen LogP contribution is -2.22. The number of hydrogen-bond donors (Lipinski definition) is 1. The van der Waals surface area contributed by atoms with Gasteiger partial charge in [0.1, 0.15) is 11.5 Å². The predicted octanol–water partition coefficient (Wildman–Crippen LogP) is 3.94. The minimum atomic E-state index is -3.32. The van der Waals surface area contributed by atoms with Gasteiger partial charge in [0, 0.05) is 5.69 Å². The van der Waals surface area contributed by atoms with Gasteiger partial charge >= 0.3 is 0 Å². The monoisotopic (exact) mass is 305 g/mol. The lowest BCUT2D eigenvalue weighted by molar-refractivity contribution is 0.482. The van der Waals surface area contributed by atoms with Crippen molar-refractivity contribution in [2.24, 2.45) is 0 Å². The van der Waals surface area contributed by atoms with E-state index in [1.165, 1.54) is 5.56 Å². The van der Waals surface area contributed by atoms with Crippen LogP contribution in [0.3, 0.4) is 0 Å². The van der Waals surface area contributed by atoms with Crippen LogP contribution in [0, 0.1) is 6.92 Å². The van der Waals surface area contributed by atoms with E-state index >= 15 is 0 Å². The molecule has 112 valence electrons. The van der Waals surface area contributed by atoms with Gasteiger partial charge < -0.3 is 4.74 Å². The molecule has 5 heteroatoms. The molecule has 0 aliphatic carbocycles. The zero-order valence-corrected chi connectivity index (χ0v) is 13.1. The summed E-state index contributed by atoms with van der Waals surface area (Å²) in [4.78, 5) is 0. The maximum absolute atomic E-state index is 11.8. The average Bonchev–Trinajstić information content (AvgIpc) is 2.43. The molecule has 0 atom stereocenters. The van der Waals surface area contributed by atoms with Crippen LogP contribution in [-0.4, -0.2) is 13.7 Å². The number of benzene rings is 2. The van der Waals surface area contributed by atoms with E-state index in [0.717, 1.165) is 5.75 Å². The first-order valence-corrected chi connectivity index (χ1v) is 8.28. The maximum Gasteiger partial charge on any atom is 0.235 e.